The van der Waals surface area contributed by atoms with E-state index >= 15 is 0 Å². The Morgan fingerprint density at radius 2 is 1.88 bits per heavy atom. The van der Waals surface area contributed by atoms with Crippen molar-refractivity contribution in [2.45, 2.75) is 33.0 Å². The van der Waals surface area contributed by atoms with Crippen LogP contribution in [0.5, 0.6) is 0 Å². The summed E-state index contributed by atoms with van der Waals surface area (Å²) in [4.78, 5) is 9.16. The van der Waals surface area contributed by atoms with E-state index < -0.39 is 11.9 Å². The molecule has 9 heteroatoms. The fraction of sp³-hybridized carbons (Fsp3) is 0.533. The fourth-order valence-electron chi connectivity index (χ4n) is 2.22. The van der Waals surface area contributed by atoms with Crippen molar-refractivity contribution in [1.29, 1.82) is 0 Å². The standard InChI is InChI=1S/C15H21F3N6/c1-10-8-11(2)24(22-10)7-5-6-19-14-20-12(15(16,17)18)9-13(21-14)23(3)4/h8-9H,5-7H2,1-4H3,(H,19,20,21). The number of anilines is 2. The molecule has 0 fully saturated rings. The Labute approximate surface area is 138 Å². The van der Waals surface area contributed by atoms with Gasteiger partial charge in [-0.25, -0.2) is 4.98 Å². The Kier molecular flexibility index (Phi) is 5.30. The number of aryl methyl sites for hydroxylation is 3. The molecule has 24 heavy (non-hydrogen) atoms. The Morgan fingerprint density at radius 3 is 2.42 bits per heavy atom. The molecule has 0 atom stereocenters. The normalized spacial score (nSPS) is 11.6. The van der Waals surface area contributed by atoms with Gasteiger partial charge in [0.25, 0.3) is 0 Å². The zero-order chi connectivity index (χ0) is 17.9. The summed E-state index contributed by atoms with van der Waals surface area (Å²) in [5.74, 6) is 0.181. The van der Waals surface area contributed by atoms with Gasteiger partial charge in [0.1, 0.15) is 5.82 Å². The summed E-state index contributed by atoms with van der Waals surface area (Å²) >= 11 is 0. The van der Waals surface area contributed by atoms with Crippen LogP contribution in [-0.4, -0.2) is 40.4 Å². The quantitative estimate of drug-likeness (QED) is 0.818. The second-order valence-electron chi connectivity index (χ2n) is 5.76. The van der Waals surface area contributed by atoms with Gasteiger partial charge in [-0.2, -0.15) is 23.3 Å². The average molecular weight is 342 g/mol. The first kappa shape index (κ1) is 18.0. The van der Waals surface area contributed by atoms with Crippen LogP contribution in [0.2, 0.25) is 0 Å². The van der Waals surface area contributed by atoms with Gasteiger partial charge in [-0.05, 0) is 26.3 Å². The molecule has 0 unspecified atom stereocenters. The number of alkyl halides is 3. The fourth-order valence-corrected chi connectivity index (χ4v) is 2.22. The third-order valence-corrected chi connectivity index (χ3v) is 3.39. The summed E-state index contributed by atoms with van der Waals surface area (Å²) < 4.78 is 40.6. The molecular weight excluding hydrogens is 321 g/mol. The molecule has 2 aromatic rings. The number of nitrogens with one attached hydrogen (secondary N) is 1. The maximum Gasteiger partial charge on any atom is 0.433 e. The molecule has 0 aliphatic carbocycles. The molecule has 0 aliphatic rings. The van der Waals surface area contributed by atoms with E-state index in [4.69, 9.17) is 0 Å². The van der Waals surface area contributed by atoms with Gasteiger partial charge in [0.2, 0.25) is 5.95 Å². The number of aromatic nitrogens is 4. The van der Waals surface area contributed by atoms with E-state index in [0.717, 1.165) is 17.5 Å². The number of halogens is 3. The highest BCUT2D eigenvalue weighted by atomic mass is 19.4. The van der Waals surface area contributed by atoms with Crippen LogP contribution < -0.4 is 10.2 Å². The predicted molar refractivity (Wildman–Crippen MR) is 86.2 cm³/mol. The molecule has 0 spiro atoms. The van der Waals surface area contributed by atoms with Gasteiger partial charge in [-0.3, -0.25) is 4.68 Å². The molecule has 0 saturated heterocycles. The molecular formula is C15H21F3N6. The van der Waals surface area contributed by atoms with Crippen molar-refractivity contribution in [3.8, 4) is 0 Å². The third-order valence-electron chi connectivity index (χ3n) is 3.39. The molecule has 1 N–H and O–H groups in total. The van der Waals surface area contributed by atoms with Gasteiger partial charge in [0.05, 0.1) is 5.69 Å². The van der Waals surface area contributed by atoms with E-state index in [1.165, 1.54) is 4.90 Å². The summed E-state index contributed by atoms with van der Waals surface area (Å²) in [5, 5.41) is 7.20. The number of hydrogen-bond acceptors (Lipinski definition) is 5. The summed E-state index contributed by atoms with van der Waals surface area (Å²) in [5.41, 5.74) is 1.04. The highest BCUT2D eigenvalue weighted by molar-refractivity contribution is 5.44. The van der Waals surface area contributed by atoms with E-state index in [0.29, 0.717) is 19.5 Å². The zero-order valence-corrected chi connectivity index (χ0v) is 14.1. The van der Waals surface area contributed by atoms with E-state index in [9.17, 15) is 13.2 Å². The van der Waals surface area contributed by atoms with Crippen molar-refractivity contribution in [2.75, 3.05) is 30.9 Å². The average Bonchev–Trinajstić information content (AvgIpc) is 2.80. The maximum absolute atomic E-state index is 12.9. The van der Waals surface area contributed by atoms with Crippen molar-refractivity contribution >= 4 is 11.8 Å². The van der Waals surface area contributed by atoms with Crippen LogP contribution in [0.15, 0.2) is 12.1 Å². The minimum atomic E-state index is -4.51. The third kappa shape index (κ3) is 4.59. The second kappa shape index (κ2) is 7.06. The van der Waals surface area contributed by atoms with Crippen LogP contribution in [0.25, 0.3) is 0 Å². The van der Waals surface area contributed by atoms with Gasteiger partial charge in [0.15, 0.2) is 5.69 Å². The lowest BCUT2D eigenvalue weighted by Crippen LogP contribution is -2.18. The van der Waals surface area contributed by atoms with Crippen LogP contribution in [0, 0.1) is 13.8 Å². The molecule has 0 aromatic carbocycles. The van der Waals surface area contributed by atoms with Crippen LogP contribution >= 0.6 is 0 Å². The van der Waals surface area contributed by atoms with Crippen molar-refractivity contribution in [3.63, 3.8) is 0 Å². The highest BCUT2D eigenvalue weighted by Gasteiger charge is 2.33. The first-order valence-electron chi connectivity index (χ1n) is 7.55. The SMILES string of the molecule is Cc1cc(C)n(CCCNc2nc(N(C)C)cc(C(F)(F)F)n2)n1. The lowest BCUT2D eigenvalue weighted by molar-refractivity contribution is -0.141. The summed E-state index contributed by atoms with van der Waals surface area (Å²) in [7, 11) is 3.27. The first-order valence-corrected chi connectivity index (χ1v) is 7.55. The van der Waals surface area contributed by atoms with Gasteiger partial charge in [0, 0.05) is 38.9 Å². The topological polar surface area (TPSA) is 58.9 Å². The van der Waals surface area contributed by atoms with E-state index in [1.54, 1.807) is 14.1 Å². The molecule has 0 radical (unpaired) electrons. The Bertz CT molecular complexity index is 693. The lowest BCUT2D eigenvalue weighted by atomic mass is 10.3. The Balaban J connectivity index is 2.01. The minimum Gasteiger partial charge on any atom is -0.363 e. The minimum absolute atomic E-state index is 0.0260. The Morgan fingerprint density at radius 1 is 1.17 bits per heavy atom. The van der Waals surface area contributed by atoms with Crippen LogP contribution in [0.4, 0.5) is 24.9 Å². The molecule has 0 bridgehead atoms. The number of rotatable bonds is 6. The molecule has 0 aliphatic heterocycles. The summed E-state index contributed by atoms with van der Waals surface area (Å²) in [6.07, 6.45) is -3.81. The molecule has 0 amide bonds. The van der Waals surface area contributed by atoms with Crippen molar-refractivity contribution in [2.24, 2.45) is 0 Å². The van der Waals surface area contributed by atoms with Crippen molar-refractivity contribution < 1.29 is 13.2 Å². The highest BCUT2D eigenvalue weighted by Crippen LogP contribution is 2.30. The maximum atomic E-state index is 12.9. The van der Waals surface area contributed by atoms with Crippen molar-refractivity contribution in [3.05, 3.63) is 29.2 Å². The van der Waals surface area contributed by atoms with Gasteiger partial charge < -0.3 is 10.2 Å². The van der Waals surface area contributed by atoms with E-state index in [2.05, 4.69) is 20.4 Å². The smallest absolute Gasteiger partial charge is 0.363 e. The molecule has 2 rings (SSSR count). The van der Waals surface area contributed by atoms with Gasteiger partial charge in [-0.1, -0.05) is 0 Å². The monoisotopic (exact) mass is 342 g/mol. The summed E-state index contributed by atoms with van der Waals surface area (Å²) in [6, 6.07) is 2.91. The molecule has 0 saturated carbocycles. The second-order valence-corrected chi connectivity index (χ2v) is 5.76. The van der Waals surface area contributed by atoms with Gasteiger partial charge >= 0.3 is 6.18 Å². The predicted octanol–water partition coefficient (Wildman–Crippen LogP) is 2.88. The van der Waals surface area contributed by atoms with E-state index in [-0.39, 0.29) is 11.8 Å². The van der Waals surface area contributed by atoms with Crippen molar-refractivity contribution in [1.82, 2.24) is 19.7 Å². The number of hydrogen-bond donors (Lipinski definition) is 1. The lowest BCUT2D eigenvalue weighted by Gasteiger charge is -2.16. The van der Waals surface area contributed by atoms with Crippen LogP contribution in [0.3, 0.4) is 0 Å². The molecule has 132 valence electrons. The number of nitrogens with zero attached hydrogens (tertiary/aromatic N) is 5. The molecule has 6 nitrogen and oxygen atoms in total. The Hall–Kier alpha value is -2.32. The zero-order valence-electron chi connectivity index (χ0n) is 14.1. The van der Waals surface area contributed by atoms with E-state index in [1.807, 2.05) is 24.6 Å². The molecule has 2 aromatic heterocycles. The van der Waals surface area contributed by atoms with Gasteiger partial charge in [-0.15, -0.1) is 0 Å². The largest absolute Gasteiger partial charge is 0.433 e. The first-order chi connectivity index (χ1) is 11.2. The summed E-state index contributed by atoms with van der Waals surface area (Å²) in [6.45, 7) is 5.01. The van der Waals surface area contributed by atoms with Crippen LogP contribution in [0.1, 0.15) is 23.5 Å². The van der Waals surface area contributed by atoms with Crippen LogP contribution in [-0.2, 0) is 12.7 Å². The molecule has 2 heterocycles.